The van der Waals surface area contributed by atoms with E-state index in [-0.39, 0.29) is 16.9 Å². The molecule has 0 spiro atoms. The largest absolute Gasteiger partial charge is 0.347 e. The lowest BCUT2D eigenvalue weighted by atomic mass is 9.83. The van der Waals surface area contributed by atoms with Gasteiger partial charge in [-0.1, -0.05) is 45.4 Å². The van der Waals surface area contributed by atoms with Gasteiger partial charge in [0.05, 0.1) is 0 Å². The number of hydrogen-bond donors (Lipinski definition) is 0. The fourth-order valence-electron chi connectivity index (χ4n) is 4.14. The molecule has 0 atom stereocenters. The summed E-state index contributed by atoms with van der Waals surface area (Å²) in [5.74, 6) is -0.813. The summed E-state index contributed by atoms with van der Waals surface area (Å²) in [6.07, 6.45) is 5.29. The van der Waals surface area contributed by atoms with Crippen LogP contribution in [0.5, 0.6) is 0 Å². The lowest BCUT2D eigenvalue weighted by molar-refractivity contribution is -0.140. The van der Waals surface area contributed by atoms with Crippen LogP contribution in [0, 0.1) is 11.3 Å². The molecule has 0 radical (unpaired) electrons. The lowest BCUT2D eigenvalue weighted by Crippen LogP contribution is -2.43. The standard InChI is InChI=1S/C24H27N3O2/c1-6-7-14-27-22(28)17(16(2)18(15-25)23(27)29)12-13-21-24(3,4)19-10-8-9-11-20(19)26(21)5/h8-13H,6-7,14H2,1-5H3. The number of allylic oxidation sites excluding steroid dienone is 3. The molecule has 2 aliphatic rings. The Balaban J connectivity index is 2.07. The topological polar surface area (TPSA) is 64.4 Å². The third kappa shape index (κ3) is 3.29. The van der Waals surface area contributed by atoms with Crippen molar-refractivity contribution in [3.8, 4) is 6.07 Å². The molecule has 1 aromatic carbocycles. The Morgan fingerprint density at radius 1 is 1.14 bits per heavy atom. The van der Waals surface area contributed by atoms with Crippen LogP contribution in [0.1, 0.15) is 46.1 Å². The summed E-state index contributed by atoms with van der Waals surface area (Å²) >= 11 is 0. The number of rotatable bonds is 4. The number of likely N-dealkylation sites (N-methyl/N-ethyl adjacent to an activating group) is 1. The van der Waals surface area contributed by atoms with E-state index in [0.717, 1.165) is 17.8 Å². The highest BCUT2D eigenvalue weighted by molar-refractivity contribution is 6.18. The fourth-order valence-corrected chi connectivity index (χ4v) is 4.14. The first-order valence-corrected chi connectivity index (χ1v) is 9.98. The molecular weight excluding hydrogens is 362 g/mol. The van der Waals surface area contributed by atoms with Crippen LogP contribution < -0.4 is 4.90 Å². The maximum Gasteiger partial charge on any atom is 0.271 e. The van der Waals surface area contributed by atoms with Gasteiger partial charge in [0, 0.05) is 36.0 Å². The minimum Gasteiger partial charge on any atom is -0.347 e. The van der Waals surface area contributed by atoms with E-state index in [4.69, 9.17) is 0 Å². The second-order valence-electron chi connectivity index (χ2n) is 8.06. The van der Waals surface area contributed by atoms with Crippen molar-refractivity contribution >= 4 is 17.5 Å². The number of benzene rings is 1. The van der Waals surface area contributed by atoms with Crippen molar-refractivity contribution in [2.75, 3.05) is 18.5 Å². The van der Waals surface area contributed by atoms with Crippen LogP contribution in [0.4, 0.5) is 5.69 Å². The maximum atomic E-state index is 13.0. The quantitative estimate of drug-likeness (QED) is 0.571. The Morgan fingerprint density at radius 2 is 1.83 bits per heavy atom. The number of para-hydroxylation sites is 1. The summed E-state index contributed by atoms with van der Waals surface area (Å²) in [6, 6.07) is 10.2. The first-order chi connectivity index (χ1) is 13.8. The van der Waals surface area contributed by atoms with Gasteiger partial charge < -0.3 is 4.90 Å². The normalized spacial score (nSPS) is 21.2. The molecule has 0 bridgehead atoms. The Bertz CT molecular complexity index is 1010. The summed E-state index contributed by atoms with van der Waals surface area (Å²) in [6.45, 7) is 8.32. The van der Waals surface area contributed by atoms with E-state index in [1.807, 2.05) is 38.2 Å². The predicted molar refractivity (Wildman–Crippen MR) is 114 cm³/mol. The van der Waals surface area contributed by atoms with E-state index in [9.17, 15) is 14.9 Å². The van der Waals surface area contributed by atoms with E-state index in [1.54, 1.807) is 13.0 Å². The second kappa shape index (κ2) is 7.71. The maximum absolute atomic E-state index is 13.0. The summed E-state index contributed by atoms with van der Waals surface area (Å²) in [7, 11) is 2.01. The number of amides is 2. The molecule has 2 aliphatic heterocycles. The molecule has 150 valence electrons. The average molecular weight is 389 g/mol. The van der Waals surface area contributed by atoms with Gasteiger partial charge in [0.2, 0.25) is 0 Å². The van der Waals surface area contributed by atoms with E-state index in [1.165, 1.54) is 10.5 Å². The number of nitriles is 1. The molecule has 3 rings (SSSR count). The van der Waals surface area contributed by atoms with Gasteiger partial charge in [0.15, 0.2) is 0 Å². The number of anilines is 1. The molecule has 5 heteroatoms. The molecular formula is C24H27N3O2. The van der Waals surface area contributed by atoms with E-state index in [2.05, 4.69) is 30.9 Å². The van der Waals surface area contributed by atoms with Gasteiger partial charge in [-0.25, -0.2) is 0 Å². The van der Waals surface area contributed by atoms with Crippen LogP contribution in [0.2, 0.25) is 0 Å². The summed E-state index contributed by atoms with van der Waals surface area (Å²) in [5.41, 5.74) is 4.12. The first-order valence-electron chi connectivity index (χ1n) is 9.98. The van der Waals surface area contributed by atoms with Gasteiger partial charge in [-0.2, -0.15) is 5.26 Å². The third-order valence-electron chi connectivity index (χ3n) is 5.91. The van der Waals surface area contributed by atoms with Crippen molar-refractivity contribution in [2.24, 2.45) is 0 Å². The number of nitrogens with zero attached hydrogens (tertiary/aromatic N) is 3. The highest BCUT2D eigenvalue weighted by atomic mass is 16.2. The zero-order valence-corrected chi connectivity index (χ0v) is 17.7. The van der Waals surface area contributed by atoms with Crippen LogP contribution in [-0.4, -0.2) is 30.3 Å². The van der Waals surface area contributed by atoms with Crippen molar-refractivity contribution in [2.45, 2.75) is 46.0 Å². The van der Waals surface area contributed by atoms with Crippen LogP contribution in [-0.2, 0) is 15.0 Å². The number of carbonyl (C=O) groups is 2. The van der Waals surface area contributed by atoms with Crippen LogP contribution in [0.25, 0.3) is 0 Å². The zero-order valence-electron chi connectivity index (χ0n) is 17.7. The molecule has 2 amide bonds. The Morgan fingerprint density at radius 3 is 2.45 bits per heavy atom. The molecule has 2 heterocycles. The minimum absolute atomic E-state index is 0.0488. The van der Waals surface area contributed by atoms with Crippen LogP contribution in [0.3, 0.4) is 0 Å². The van der Waals surface area contributed by atoms with Crippen molar-refractivity contribution in [3.05, 3.63) is 64.4 Å². The van der Waals surface area contributed by atoms with Crippen LogP contribution >= 0.6 is 0 Å². The van der Waals surface area contributed by atoms with Crippen molar-refractivity contribution in [1.82, 2.24) is 4.90 Å². The monoisotopic (exact) mass is 389 g/mol. The minimum atomic E-state index is -0.487. The van der Waals surface area contributed by atoms with Crippen LogP contribution in [0.15, 0.2) is 58.8 Å². The van der Waals surface area contributed by atoms with E-state index >= 15 is 0 Å². The highest BCUT2D eigenvalue weighted by Gasteiger charge is 2.38. The summed E-state index contributed by atoms with van der Waals surface area (Å²) in [4.78, 5) is 28.9. The summed E-state index contributed by atoms with van der Waals surface area (Å²) in [5, 5.41) is 9.48. The van der Waals surface area contributed by atoms with Gasteiger partial charge >= 0.3 is 0 Å². The number of fused-ring (bicyclic) bond motifs is 1. The van der Waals surface area contributed by atoms with Gasteiger partial charge in [-0.15, -0.1) is 0 Å². The smallest absolute Gasteiger partial charge is 0.271 e. The van der Waals surface area contributed by atoms with Crippen molar-refractivity contribution in [3.63, 3.8) is 0 Å². The molecule has 0 N–H and O–H groups in total. The molecule has 1 aromatic rings. The molecule has 0 unspecified atom stereocenters. The third-order valence-corrected chi connectivity index (χ3v) is 5.91. The van der Waals surface area contributed by atoms with E-state index < -0.39 is 5.91 Å². The Labute approximate surface area is 172 Å². The summed E-state index contributed by atoms with van der Waals surface area (Å²) < 4.78 is 0. The number of carbonyl (C=O) groups excluding carboxylic acids is 2. The zero-order chi connectivity index (χ0) is 21.3. The van der Waals surface area contributed by atoms with Gasteiger partial charge in [-0.3, -0.25) is 14.5 Å². The number of unbranched alkanes of at least 4 members (excludes halogenated alkanes) is 1. The molecule has 0 fully saturated rings. The molecule has 0 aromatic heterocycles. The molecule has 0 saturated carbocycles. The predicted octanol–water partition coefficient (Wildman–Crippen LogP) is 4.23. The lowest BCUT2D eigenvalue weighted by Gasteiger charge is -2.27. The fraction of sp³-hybridized carbons (Fsp3) is 0.375. The number of imide groups is 1. The molecule has 5 nitrogen and oxygen atoms in total. The molecule has 0 aliphatic carbocycles. The Hall–Kier alpha value is -3.13. The van der Waals surface area contributed by atoms with Gasteiger partial charge in [0.25, 0.3) is 11.8 Å². The molecule has 0 saturated heterocycles. The molecule has 29 heavy (non-hydrogen) atoms. The highest BCUT2D eigenvalue weighted by Crippen LogP contribution is 2.46. The second-order valence-corrected chi connectivity index (χ2v) is 8.06. The SMILES string of the molecule is CCCCN1C(=O)C(=CC=C2N(C)c3ccccc3C2(C)C)C(C)=C(C#N)C1=O. The van der Waals surface area contributed by atoms with Crippen molar-refractivity contribution < 1.29 is 9.59 Å². The Kier molecular flexibility index (Phi) is 5.48. The van der Waals surface area contributed by atoms with E-state index in [0.29, 0.717) is 24.1 Å². The van der Waals surface area contributed by atoms with Gasteiger partial charge in [0.1, 0.15) is 11.6 Å². The van der Waals surface area contributed by atoms with Gasteiger partial charge in [-0.05, 0) is 42.7 Å². The van der Waals surface area contributed by atoms with Crippen molar-refractivity contribution in [1.29, 1.82) is 5.26 Å². The number of hydrogen-bond acceptors (Lipinski definition) is 4. The average Bonchev–Trinajstić information content (AvgIpc) is 2.89. The first kappa shape index (κ1) is 20.6.